The Morgan fingerprint density at radius 3 is 1.96 bits per heavy atom. The lowest BCUT2D eigenvalue weighted by Gasteiger charge is -2.31. The number of benzene rings is 1. The van der Waals surface area contributed by atoms with Gasteiger partial charge in [-0.2, -0.15) is 0 Å². The van der Waals surface area contributed by atoms with Crippen molar-refractivity contribution in [2.75, 3.05) is 18.4 Å². The molecule has 0 aromatic heterocycles. The van der Waals surface area contributed by atoms with Gasteiger partial charge in [-0.3, -0.25) is 9.59 Å². The van der Waals surface area contributed by atoms with Crippen LogP contribution in [0.1, 0.15) is 77.7 Å². The topological polar surface area (TPSA) is 49.4 Å². The summed E-state index contributed by atoms with van der Waals surface area (Å²) in [5.41, 5.74) is 2.13. The first-order valence-corrected chi connectivity index (χ1v) is 10.7. The summed E-state index contributed by atoms with van der Waals surface area (Å²) in [6, 6.07) is 8.11. The van der Waals surface area contributed by atoms with Gasteiger partial charge < -0.3 is 10.2 Å². The van der Waals surface area contributed by atoms with E-state index in [2.05, 4.69) is 45.1 Å². The zero-order valence-electron chi connectivity index (χ0n) is 17.5. The van der Waals surface area contributed by atoms with Crippen LogP contribution in [0.3, 0.4) is 0 Å². The lowest BCUT2D eigenvalue weighted by molar-refractivity contribution is -0.138. The first-order valence-electron chi connectivity index (χ1n) is 10.7. The molecule has 1 aromatic rings. The van der Waals surface area contributed by atoms with Gasteiger partial charge in [0.1, 0.15) is 0 Å². The average molecular weight is 373 g/mol. The summed E-state index contributed by atoms with van der Waals surface area (Å²) in [7, 11) is 0. The maximum Gasteiger partial charge on any atom is 0.227 e. The molecule has 0 saturated heterocycles. The molecule has 2 amide bonds. The Hall–Kier alpha value is -1.84. The highest BCUT2D eigenvalue weighted by Crippen LogP contribution is 2.31. The Balaban J connectivity index is 1.85. The van der Waals surface area contributed by atoms with Gasteiger partial charge >= 0.3 is 0 Å². The van der Waals surface area contributed by atoms with E-state index in [-0.39, 0.29) is 17.7 Å². The Labute approximate surface area is 164 Å². The van der Waals surface area contributed by atoms with E-state index in [1.54, 1.807) is 0 Å². The number of anilines is 1. The van der Waals surface area contributed by atoms with Crippen LogP contribution >= 0.6 is 0 Å². The van der Waals surface area contributed by atoms with E-state index in [1.807, 2.05) is 17.0 Å². The van der Waals surface area contributed by atoms with E-state index in [4.69, 9.17) is 0 Å². The van der Waals surface area contributed by atoms with Crippen LogP contribution in [0.2, 0.25) is 0 Å². The highest BCUT2D eigenvalue weighted by atomic mass is 16.2. The number of carbonyl (C=O) groups is 2. The fourth-order valence-electron chi connectivity index (χ4n) is 3.93. The number of rotatable bonds is 8. The number of carbonyl (C=O) groups excluding carboxylic acids is 2. The molecular weight excluding hydrogens is 336 g/mol. The van der Waals surface area contributed by atoms with Crippen LogP contribution in [-0.2, 0) is 9.59 Å². The van der Waals surface area contributed by atoms with Crippen LogP contribution in [0.15, 0.2) is 24.3 Å². The van der Waals surface area contributed by atoms with Gasteiger partial charge in [0, 0.05) is 30.6 Å². The summed E-state index contributed by atoms with van der Waals surface area (Å²) >= 11 is 0. The second kappa shape index (κ2) is 10.5. The third-order valence-electron chi connectivity index (χ3n) is 5.59. The number of amides is 2. The second-order valence-corrected chi connectivity index (χ2v) is 8.14. The van der Waals surface area contributed by atoms with Gasteiger partial charge in [0.05, 0.1) is 0 Å². The molecule has 27 heavy (non-hydrogen) atoms. The van der Waals surface area contributed by atoms with E-state index in [1.165, 1.54) is 5.56 Å². The first kappa shape index (κ1) is 21.5. The molecule has 1 fully saturated rings. The van der Waals surface area contributed by atoms with Crippen molar-refractivity contribution in [2.24, 2.45) is 11.8 Å². The zero-order chi connectivity index (χ0) is 19.8. The van der Waals surface area contributed by atoms with Crippen molar-refractivity contribution in [3.05, 3.63) is 29.8 Å². The van der Waals surface area contributed by atoms with Gasteiger partial charge in [-0.1, -0.05) is 39.8 Å². The van der Waals surface area contributed by atoms with Crippen LogP contribution in [-0.4, -0.2) is 29.8 Å². The summed E-state index contributed by atoms with van der Waals surface area (Å²) in [4.78, 5) is 27.4. The second-order valence-electron chi connectivity index (χ2n) is 8.14. The Morgan fingerprint density at radius 1 is 0.963 bits per heavy atom. The van der Waals surface area contributed by atoms with Gasteiger partial charge in [0.2, 0.25) is 11.8 Å². The fraction of sp³-hybridized carbons (Fsp3) is 0.652. The summed E-state index contributed by atoms with van der Waals surface area (Å²) < 4.78 is 0. The molecule has 1 aromatic carbocycles. The quantitative estimate of drug-likeness (QED) is 0.681. The molecule has 0 atom stereocenters. The molecule has 0 bridgehead atoms. The maximum atomic E-state index is 12.8. The van der Waals surface area contributed by atoms with Crippen LogP contribution in [0.4, 0.5) is 5.69 Å². The average Bonchev–Trinajstić information content (AvgIpc) is 2.67. The molecule has 0 heterocycles. The van der Waals surface area contributed by atoms with Crippen molar-refractivity contribution in [3.63, 3.8) is 0 Å². The molecule has 0 unspecified atom stereocenters. The minimum absolute atomic E-state index is 0.0182. The van der Waals surface area contributed by atoms with Gasteiger partial charge in [-0.05, 0) is 62.1 Å². The molecule has 1 saturated carbocycles. The monoisotopic (exact) mass is 372 g/mol. The van der Waals surface area contributed by atoms with E-state index >= 15 is 0 Å². The molecule has 0 aliphatic heterocycles. The predicted molar refractivity (Wildman–Crippen MR) is 112 cm³/mol. The lowest BCUT2D eigenvalue weighted by Crippen LogP contribution is -2.39. The highest BCUT2D eigenvalue weighted by Gasteiger charge is 2.31. The minimum Gasteiger partial charge on any atom is -0.342 e. The summed E-state index contributed by atoms with van der Waals surface area (Å²) in [5, 5.41) is 3.05. The van der Waals surface area contributed by atoms with Crippen LogP contribution < -0.4 is 5.32 Å². The highest BCUT2D eigenvalue weighted by molar-refractivity contribution is 5.92. The smallest absolute Gasteiger partial charge is 0.227 e. The zero-order valence-corrected chi connectivity index (χ0v) is 17.5. The SMILES string of the molecule is CCCN(CCC)C(=O)C1CCC(C(=O)Nc2ccc(C(C)C)cc2)CC1. The van der Waals surface area contributed by atoms with E-state index in [0.717, 1.165) is 57.3 Å². The van der Waals surface area contributed by atoms with Crippen molar-refractivity contribution < 1.29 is 9.59 Å². The van der Waals surface area contributed by atoms with E-state index in [9.17, 15) is 9.59 Å². The van der Waals surface area contributed by atoms with Crippen LogP contribution in [0.25, 0.3) is 0 Å². The predicted octanol–water partition coefficient (Wildman–Crippen LogP) is 5.20. The van der Waals surface area contributed by atoms with E-state index < -0.39 is 0 Å². The minimum atomic E-state index is 0.0182. The van der Waals surface area contributed by atoms with Crippen molar-refractivity contribution >= 4 is 17.5 Å². The number of hydrogen-bond donors (Lipinski definition) is 1. The Kier molecular flexibility index (Phi) is 8.33. The first-order chi connectivity index (χ1) is 13.0. The third-order valence-corrected chi connectivity index (χ3v) is 5.59. The van der Waals surface area contributed by atoms with Crippen molar-refractivity contribution in [1.82, 2.24) is 4.90 Å². The molecule has 1 aliphatic carbocycles. The van der Waals surface area contributed by atoms with Crippen LogP contribution in [0, 0.1) is 11.8 Å². The molecule has 150 valence electrons. The van der Waals surface area contributed by atoms with Crippen LogP contribution in [0.5, 0.6) is 0 Å². The van der Waals surface area contributed by atoms with Crippen molar-refractivity contribution in [3.8, 4) is 0 Å². The fourth-order valence-corrected chi connectivity index (χ4v) is 3.93. The maximum absolute atomic E-state index is 12.8. The number of hydrogen-bond acceptors (Lipinski definition) is 2. The molecule has 1 N–H and O–H groups in total. The molecule has 4 nitrogen and oxygen atoms in total. The standard InChI is InChI=1S/C23H36N2O2/c1-5-15-25(16-6-2)23(27)20-9-7-19(8-10-20)22(26)24-21-13-11-18(12-14-21)17(3)4/h11-14,17,19-20H,5-10,15-16H2,1-4H3,(H,24,26). The van der Waals surface area contributed by atoms with Gasteiger partial charge in [0.25, 0.3) is 0 Å². The molecule has 0 spiro atoms. The van der Waals surface area contributed by atoms with Gasteiger partial charge in [-0.15, -0.1) is 0 Å². The normalized spacial score (nSPS) is 19.7. The molecule has 0 radical (unpaired) electrons. The van der Waals surface area contributed by atoms with Crippen molar-refractivity contribution in [2.45, 2.75) is 72.1 Å². The van der Waals surface area contributed by atoms with Crippen molar-refractivity contribution in [1.29, 1.82) is 0 Å². The number of nitrogens with one attached hydrogen (secondary N) is 1. The molecule has 2 rings (SSSR count). The third kappa shape index (κ3) is 6.08. The molecule has 4 heteroatoms. The molecular formula is C23H36N2O2. The lowest BCUT2D eigenvalue weighted by atomic mass is 9.80. The summed E-state index contributed by atoms with van der Waals surface area (Å²) in [5.74, 6) is 0.989. The largest absolute Gasteiger partial charge is 0.342 e. The van der Waals surface area contributed by atoms with E-state index in [0.29, 0.717) is 11.8 Å². The van der Waals surface area contributed by atoms with Gasteiger partial charge in [0.15, 0.2) is 0 Å². The van der Waals surface area contributed by atoms with Gasteiger partial charge in [-0.25, -0.2) is 0 Å². The molecule has 1 aliphatic rings. The summed E-state index contributed by atoms with van der Waals surface area (Å²) in [6.07, 6.45) is 5.26. The Morgan fingerprint density at radius 2 is 1.48 bits per heavy atom. The number of nitrogens with zero attached hydrogens (tertiary/aromatic N) is 1. The Bertz CT molecular complexity index is 595. The summed E-state index contributed by atoms with van der Waals surface area (Å²) in [6.45, 7) is 10.2.